The second-order valence-electron chi connectivity index (χ2n) is 9.29. The molecule has 0 spiro atoms. The summed E-state index contributed by atoms with van der Waals surface area (Å²) in [6, 6.07) is 11.8. The molecule has 0 saturated carbocycles. The number of rotatable bonds is 9. The molecule has 7 nitrogen and oxygen atoms in total. The van der Waals surface area contributed by atoms with Gasteiger partial charge in [-0.1, -0.05) is 45.0 Å². The zero-order chi connectivity index (χ0) is 25.7. The van der Waals surface area contributed by atoms with E-state index in [0.717, 1.165) is 16.1 Å². The Kier molecular flexibility index (Phi) is 8.83. The molecule has 0 aliphatic heterocycles. The van der Waals surface area contributed by atoms with Gasteiger partial charge in [0.05, 0.1) is 11.9 Å². The van der Waals surface area contributed by atoms with E-state index in [4.69, 9.17) is 0 Å². The summed E-state index contributed by atoms with van der Waals surface area (Å²) >= 11 is 0. The molecule has 34 heavy (non-hydrogen) atoms. The smallest absolute Gasteiger partial charge is 0.244 e. The van der Waals surface area contributed by atoms with E-state index in [0.29, 0.717) is 17.8 Å². The molecule has 1 unspecified atom stereocenters. The van der Waals surface area contributed by atoms with Crippen molar-refractivity contribution in [3.05, 3.63) is 65.5 Å². The molecule has 0 fully saturated rings. The number of halogens is 1. The number of carbonyl (C=O) groups is 2. The number of hydrogen-bond acceptors (Lipinski definition) is 4. The Balaban J connectivity index is 2.38. The summed E-state index contributed by atoms with van der Waals surface area (Å²) < 4.78 is 39.6. The number of anilines is 1. The van der Waals surface area contributed by atoms with Gasteiger partial charge < -0.3 is 10.2 Å². The quantitative estimate of drug-likeness (QED) is 0.582. The highest BCUT2D eigenvalue weighted by atomic mass is 32.2. The van der Waals surface area contributed by atoms with Crippen LogP contribution in [-0.2, 0) is 31.6 Å². The number of carbonyl (C=O) groups excluding carboxylic acids is 2. The van der Waals surface area contributed by atoms with Gasteiger partial charge in [0.2, 0.25) is 21.8 Å². The highest BCUT2D eigenvalue weighted by molar-refractivity contribution is 7.92. The molecular formula is C25H34FN3O4S. The fourth-order valence-electron chi connectivity index (χ4n) is 3.43. The van der Waals surface area contributed by atoms with Crippen LogP contribution in [0.1, 0.15) is 45.7 Å². The first-order chi connectivity index (χ1) is 15.7. The lowest BCUT2D eigenvalue weighted by molar-refractivity contribution is -0.139. The first-order valence-corrected chi connectivity index (χ1v) is 13.0. The number of sulfonamides is 1. The zero-order valence-electron chi connectivity index (χ0n) is 20.6. The van der Waals surface area contributed by atoms with Crippen molar-refractivity contribution in [1.29, 1.82) is 0 Å². The molecule has 0 aromatic heterocycles. The molecule has 2 amide bonds. The van der Waals surface area contributed by atoms with Crippen molar-refractivity contribution in [2.45, 2.75) is 52.6 Å². The Morgan fingerprint density at radius 2 is 1.59 bits per heavy atom. The van der Waals surface area contributed by atoms with Gasteiger partial charge in [0.25, 0.3) is 0 Å². The summed E-state index contributed by atoms with van der Waals surface area (Å²) in [6.45, 7) is 9.44. The van der Waals surface area contributed by atoms with E-state index < -0.39 is 34.3 Å². The molecule has 2 aromatic carbocycles. The SMILES string of the molecule is CCNC(=O)C(C)N(Cc1ccc(F)cc1)C(=O)CN(c1ccc(C(C)(C)C)cc1)S(C)(=O)=O. The van der Waals surface area contributed by atoms with Gasteiger partial charge in [0.1, 0.15) is 18.4 Å². The van der Waals surface area contributed by atoms with E-state index in [2.05, 4.69) is 26.1 Å². The van der Waals surface area contributed by atoms with Crippen LogP contribution in [0.5, 0.6) is 0 Å². The fraction of sp³-hybridized carbons (Fsp3) is 0.440. The Bertz CT molecular complexity index is 1090. The minimum absolute atomic E-state index is 0.0258. The Hall–Kier alpha value is -2.94. The van der Waals surface area contributed by atoms with E-state index in [1.165, 1.54) is 29.2 Å². The molecule has 0 aliphatic rings. The third-order valence-corrected chi connectivity index (χ3v) is 6.63. The number of likely N-dealkylation sites (N-methyl/N-ethyl adjacent to an activating group) is 1. The van der Waals surface area contributed by atoms with Gasteiger partial charge in [-0.05, 0) is 54.7 Å². The molecule has 1 atom stereocenters. The van der Waals surface area contributed by atoms with Crippen molar-refractivity contribution >= 4 is 27.5 Å². The van der Waals surface area contributed by atoms with Crippen molar-refractivity contribution in [1.82, 2.24) is 10.2 Å². The summed E-state index contributed by atoms with van der Waals surface area (Å²) in [5.41, 5.74) is 1.89. The molecule has 0 aliphatic carbocycles. The Morgan fingerprint density at radius 3 is 2.06 bits per heavy atom. The molecule has 0 radical (unpaired) electrons. The van der Waals surface area contributed by atoms with Gasteiger partial charge in [-0.3, -0.25) is 13.9 Å². The molecule has 9 heteroatoms. The van der Waals surface area contributed by atoms with Crippen LogP contribution in [0.3, 0.4) is 0 Å². The van der Waals surface area contributed by atoms with Crippen LogP contribution in [0, 0.1) is 5.82 Å². The summed E-state index contributed by atoms with van der Waals surface area (Å²) in [4.78, 5) is 27.2. The number of nitrogens with one attached hydrogen (secondary N) is 1. The molecule has 186 valence electrons. The molecule has 0 saturated heterocycles. The van der Waals surface area contributed by atoms with E-state index >= 15 is 0 Å². The second kappa shape index (κ2) is 11.0. The maximum Gasteiger partial charge on any atom is 0.244 e. The molecular weight excluding hydrogens is 457 g/mol. The van der Waals surface area contributed by atoms with Crippen LogP contribution in [0.25, 0.3) is 0 Å². The third kappa shape index (κ3) is 7.28. The third-order valence-electron chi connectivity index (χ3n) is 5.48. The van der Waals surface area contributed by atoms with E-state index in [1.807, 2.05) is 12.1 Å². The molecule has 0 bridgehead atoms. The van der Waals surface area contributed by atoms with Gasteiger partial charge in [0.15, 0.2) is 0 Å². The number of amides is 2. The normalized spacial score (nSPS) is 12.7. The first-order valence-electron chi connectivity index (χ1n) is 11.1. The predicted molar refractivity (Wildman–Crippen MR) is 132 cm³/mol. The summed E-state index contributed by atoms with van der Waals surface area (Å²) in [7, 11) is -3.79. The molecule has 1 N–H and O–H groups in total. The van der Waals surface area contributed by atoms with Crippen LogP contribution in [0.4, 0.5) is 10.1 Å². The van der Waals surface area contributed by atoms with Crippen molar-refractivity contribution in [2.75, 3.05) is 23.7 Å². The standard InChI is InChI=1S/C25H34FN3O4S/c1-7-27-24(31)18(2)28(16-19-8-12-21(26)13-9-19)23(30)17-29(34(6,32)33)22-14-10-20(11-15-22)25(3,4)5/h8-15,18H,7,16-17H2,1-6H3,(H,27,31). The maximum atomic E-state index is 13.4. The first kappa shape index (κ1) is 27.3. The number of benzene rings is 2. The van der Waals surface area contributed by atoms with E-state index in [-0.39, 0.29) is 17.9 Å². The van der Waals surface area contributed by atoms with Crippen molar-refractivity contribution in [3.8, 4) is 0 Å². The van der Waals surface area contributed by atoms with Crippen LogP contribution < -0.4 is 9.62 Å². The van der Waals surface area contributed by atoms with Crippen LogP contribution >= 0.6 is 0 Å². The monoisotopic (exact) mass is 491 g/mol. The van der Waals surface area contributed by atoms with Crippen molar-refractivity contribution in [3.63, 3.8) is 0 Å². The summed E-state index contributed by atoms with van der Waals surface area (Å²) in [5, 5.41) is 2.69. The maximum absolute atomic E-state index is 13.4. The zero-order valence-corrected chi connectivity index (χ0v) is 21.4. The predicted octanol–water partition coefficient (Wildman–Crippen LogP) is 3.44. The Labute approximate surface area is 202 Å². The fourth-order valence-corrected chi connectivity index (χ4v) is 4.28. The largest absolute Gasteiger partial charge is 0.355 e. The van der Waals surface area contributed by atoms with Gasteiger partial charge in [-0.2, -0.15) is 0 Å². The molecule has 2 rings (SSSR count). The highest BCUT2D eigenvalue weighted by Crippen LogP contribution is 2.26. The number of nitrogens with zero attached hydrogens (tertiary/aromatic N) is 2. The highest BCUT2D eigenvalue weighted by Gasteiger charge is 2.30. The van der Waals surface area contributed by atoms with Gasteiger partial charge in [0, 0.05) is 13.1 Å². The lowest BCUT2D eigenvalue weighted by Gasteiger charge is -2.31. The summed E-state index contributed by atoms with van der Waals surface area (Å²) in [6.07, 6.45) is 1.04. The Morgan fingerprint density at radius 1 is 1.03 bits per heavy atom. The van der Waals surface area contributed by atoms with Gasteiger partial charge in [-0.15, -0.1) is 0 Å². The lowest BCUT2D eigenvalue weighted by Crippen LogP contribution is -2.51. The average molecular weight is 492 g/mol. The summed E-state index contributed by atoms with van der Waals surface area (Å²) in [5.74, 6) is -1.33. The van der Waals surface area contributed by atoms with E-state index in [1.54, 1.807) is 26.0 Å². The topological polar surface area (TPSA) is 86.8 Å². The van der Waals surface area contributed by atoms with Gasteiger partial charge in [-0.25, -0.2) is 12.8 Å². The molecule has 0 heterocycles. The minimum atomic E-state index is -3.79. The molecule has 2 aromatic rings. The van der Waals surface area contributed by atoms with E-state index in [9.17, 15) is 22.4 Å². The average Bonchev–Trinajstić information content (AvgIpc) is 2.75. The van der Waals surface area contributed by atoms with Crippen LogP contribution in [0.15, 0.2) is 48.5 Å². The number of hydrogen-bond donors (Lipinski definition) is 1. The van der Waals surface area contributed by atoms with Crippen LogP contribution in [0.2, 0.25) is 0 Å². The van der Waals surface area contributed by atoms with Crippen LogP contribution in [-0.4, -0.2) is 50.5 Å². The van der Waals surface area contributed by atoms with Gasteiger partial charge >= 0.3 is 0 Å². The lowest BCUT2D eigenvalue weighted by atomic mass is 9.87. The van der Waals surface area contributed by atoms with Crippen molar-refractivity contribution < 1.29 is 22.4 Å². The minimum Gasteiger partial charge on any atom is -0.355 e. The second-order valence-corrected chi connectivity index (χ2v) is 11.2. The van der Waals surface area contributed by atoms with Crippen molar-refractivity contribution in [2.24, 2.45) is 0 Å².